The lowest BCUT2D eigenvalue weighted by Crippen LogP contribution is -2.44. The van der Waals surface area contributed by atoms with E-state index in [1.807, 2.05) is 0 Å². The first kappa shape index (κ1) is 19.5. The number of amides is 1. The largest absolute Gasteiger partial charge is 0.497 e. The maximum absolute atomic E-state index is 12.2. The van der Waals surface area contributed by atoms with Crippen molar-refractivity contribution < 1.29 is 14.3 Å². The molecule has 0 atom stereocenters. The van der Waals surface area contributed by atoms with Gasteiger partial charge >= 0.3 is 0 Å². The van der Waals surface area contributed by atoms with Crippen LogP contribution in [0.3, 0.4) is 0 Å². The highest BCUT2D eigenvalue weighted by Gasteiger charge is 2.11. The highest BCUT2D eigenvalue weighted by Crippen LogP contribution is 2.22. The maximum Gasteiger partial charge on any atom is 0.251 e. The summed E-state index contributed by atoms with van der Waals surface area (Å²) in [5.74, 6) is 1.13. The van der Waals surface area contributed by atoms with Crippen LogP contribution < -0.4 is 20.1 Å². The van der Waals surface area contributed by atoms with Crippen molar-refractivity contribution >= 4 is 18.3 Å². The number of nitrogens with zero attached hydrogens (tertiary/aromatic N) is 1. The second-order valence-electron chi connectivity index (χ2n) is 5.30. The van der Waals surface area contributed by atoms with Gasteiger partial charge in [-0.15, -0.1) is 12.4 Å². The van der Waals surface area contributed by atoms with Gasteiger partial charge in [0.05, 0.1) is 14.2 Å². The predicted octanol–water partition coefficient (Wildman–Crippen LogP) is 1.15. The summed E-state index contributed by atoms with van der Waals surface area (Å²) < 4.78 is 10.4. The molecule has 1 amide bonds. The third-order valence-electron chi connectivity index (χ3n) is 3.76. The van der Waals surface area contributed by atoms with E-state index in [-0.39, 0.29) is 18.3 Å². The van der Waals surface area contributed by atoms with Gasteiger partial charge in [-0.1, -0.05) is 0 Å². The minimum Gasteiger partial charge on any atom is -0.497 e. The Bertz CT molecular complexity index is 471. The monoisotopic (exact) mass is 343 g/mol. The van der Waals surface area contributed by atoms with Crippen molar-refractivity contribution in [3.8, 4) is 11.5 Å². The summed E-state index contributed by atoms with van der Waals surface area (Å²) in [7, 11) is 3.15. The van der Waals surface area contributed by atoms with E-state index in [2.05, 4.69) is 15.5 Å². The molecule has 23 heavy (non-hydrogen) atoms. The number of carbonyl (C=O) groups is 1. The molecule has 130 valence electrons. The molecule has 1 aliphatic rings. The standard InChI is InChI=1S/C16H25N3O3.ClH/c1-21-14-10-13(11-15(12-14)22-2)16(20)18-4-3-7-19-8-5-17-6-9-19;/h10-12,17H,3-9H2,1-2H3,(H,18,20);1H. The molecule has 0 bridgehead atoms. The second-order valence-corrected chi connectivity index (χ2v) is 5.30. The number of ether oxygens (including phenoxy) is 2. The molecule has 2 N–H and O–H groups in total. The molecule has 1 fully saturated rings. The normalized spacial score (nSPS) is 14.7. The van der Waals surface area contributed by atoms with Crippen LogP contribution in [-0.4, -0.2) is 64.3 Å². The molecule has 1 saturated heterocycles. The van der Waals surface area contributed by atoms with Gasteiger partial charge < -0.3 is 25.0 Å². The van der Waals surface area contributed by atoms with E-state index >= 15 is 0 Å². The van der Waals surface area contributed by atoms with Crippen molar-refractivity contribution in [2.45, 2.75) is 6.42 Å². The molecule has 7 heteroatoms. The number of methoxy groups -OCH3 is 2. The molecule has 1 aliphatic heterocycles. The lowest BCUT2D eigenvalue weighted by atomic mass is 10.2. The molecule has 0 spiro atoms. The van der Waals surface area contributed by atoms with Crippen LogP contribution in [-0.2, 0) is 0 Å². The predicted molar refractivity (Wildman–Crippen MR) is 93.1 cm³/mol. The smallest absolute Gasteiger partial charge is 0.251 e. The summed E-state index contributed by atoms with van der Waals surface area (Å²) in [6, 6.07) is 5.18. The number of hydrogen-bond acceptors (Lipinski definition) is 5. The van der Waals surface area contributed by atoms with E-state index in [0.29, 0.717) is 23.6 Å². The summed E-state index contributed by atoms with van der Waals surface area (Å²) in [6.07, 6.45) is 0.951. The van der Waals surface area contributed by atoms with Crippen LogP contribution in [0.25, 0.3) is 0 Å². The average Bonchev–Trinajstić information content (AvgIpc) is 2.58. The van der Waals surface area contributed by atoms with E-state index < -0.39 is 0 Å². The van der Waals surface area contributed by atoms with E-state index in [1.54, 1.807) is 32.4 Å². The highest BCUT2D eigenvalue weighted by atomic mass is 35.5. The summed E-state index contributed by atoms with van der Waals surface area (Å²) in [6.45, 7) is 5.96. The molecule has 0 aromatic heterocycles. The number of halogens is 1. The van der Waals surface area contributed by atoms with Gasteiger partial charge in [0.2, 0.25) is 0 Å². The third kappa shape index (κ3) is 6.25. The number of benzene rings is 1. The fourth-order valence-corrected chi connectivity index (χ4v) is 2.48. The zero-order valence-corrected chi connectivity index (χ0v) is 14.6. The van der Waals surface area contributed by atoms with Crippen LogP contribution in [0.5, 0.6) is 11.5 Å². The zero-order valence-electron chi connectivity index (χ0n) is 13.8. The molecule has 0 aliphatic carbocycles. The maximum atomic E-state index is 12.2. The molecule has 6 nitrogen and oxygen atoms in total. The molecule has 1 aromatic rings. The molecular formula is C16H26ClN3O3. The Balaban J connectivity index is 0.00000264. The fourth-order valence-electron chi connectivity index (χ4n) is 2.48. The Labute approximate surface area is 143 Å². The van der Waals surface area contributed by atoms with Gasteiger partial charge in [0.15, 0.2) is 0 Å². The van der Waals surface area contributed by atoms with Crippen molar-refractivity contribution in [3.05, 3.63) is 23.8 Å². The van der Waals surface area contributed by atoms with Crippen LogP contribution in [0.1, 0.15) is 16.8 Å². The summed E-state index contributed by atoms with van der Waals surface area (Å²) in [5, 5.41) is 6.28. The van der Waals surface area contributed by atoms with Gasteiger partial charge in [-0.25, -0.2) is 0 Å². The molecule has 0 saturated carbocycles. The van der Waals surface area contributed by atoms with E-state index in [4.69, 9.17) is 9.47 Å². The fraction of sp³-hybridized carbons (Fsp3) is 0.562. The van der Waals surface area contributed by atoms with Gasteiger partial charge in [0, 0.05) is 44.4 Å². The van der Waals surface area contributed by atoms with Crippen LogP contribution in [0.4, 0.5) is 0 Å². The zero-order chi connectivity index (χ0) is 15.8. The van der Waals surface area contributed by atoms with E-state index in [1.165, 1.54) is 0 Å². The van der Waals surface area contributed by atoms with E-state index in [0.717, 1.165) is 39.1 Å². The third-order valence-corrected chi connectivity index (χ3v) is 3.76. The summed E-state index contributed by atoms with van der Waals surface area (Å²) in [5.41, 5.74) is 0.554. The second kappa shape index (κ2) is 10.3. The summed E-state index contributed by atoms with van der Waals surface area (Å²) >= 11 is 0. The SMILES string of the molecule is COc1cc(OC)cc(C(=O)NCCCN2CCNCC2)c1.Cl. The topological polar surface area (TPSA) is 62.8 Å². The first-order chi connectivity index (χ1) is 10.7. The quantitative estimate of drug-likeness (QED) is 0.727. The molecule has 0 unspecified atom stereocenters. The number of hydrogen-bond donors (Lipinski definition) is 2. The van der Waals surface area contributed by atoms with Gasteiger partial charge in [-0.05, 0) is 25.1 Å². The van der Waals surface area contributed by atoms with Gasteiger partial charge in [0.25, 0.3) is 5.91 Å². The Morgan fingerprint density at radius 3 is 2.35 bits per heavy atom. The van der Waals surface area contributed by atoms with Crippen molar-refractivity contribution in [1.82, 2.24) is 15.5 Å². The minimum atomic E-state index is -0.0995. The van der Waals surface area contributed by atoms with Crippen LogP contribution in [0.2, 0.25) is 0 Å². The molecule has 0 radical (unpaired) electrons. The van der Waals surface area contributed by atoms with Crippen molar-refractivity contribution in [1.29, 1.82) is 0 Å². The van der Waals surface area contributed by atoms with E-state index in [9.17, 15) is 4.79 Å². The lowest BCUT2D eigenvalue weighted by Gasteiger charge is -2.27. The number of nitrogens with one attached hydrogen (secondary N) is 2. The average molecular weight is 344 g/mol. The first-order valence-electron chi connectivity index (χ1n) is 7.67. The van der Waals surface area contributed by atoms with Crippen LogP contribution >= 0.6 is 12.4 Å². The van der Waals surface area contributed by atoms with Gasteiger partial charge in [0.1, 0.15) is 11.5 Å². The Morgan fingerprint density at radius 2 is 1.78 bits per heavy atom. The number of carbonyl (C=O) groups excluding carboxylic acids is 1. The van der Waals surface area contributed by atoms with Crippen LogP contribution in [0, 0.1) is 0 Å². The number of rotatable bonds is 7. The van der Waals surface area contributed by atoms with Crippen LogP contribution in [0.15, 0.2) is 18.2 Å². The first-order valence-corrected chi connectivity index (χ1v) is 7.67. The van der Waals surface area contributed by atoms with Gasteiger partial charge in [-0.2, -0.15) is 0 Å². The Hall–Kier alpha value is -1.50. The molecule has 1 aromatic carbocycles. The van der Waals surface area contributed by atoms with Gasteiger partial charge in [-0.3, -0.25) is 4.79 Å². The lowest BCUT2D eigenvalue weighted by molar-refractivity contribution is 0.0950. The Morgan fingerprint density at radius 1 is 1.17 bits per heavy atom. The van der Waals surface area contributed by atoms with Crippen molar-refractivity contribution in [2.75, 3.05) is 53.5 Å². The van der Waals surface area contributed by atoms with Crippen molar-refractivity contribution in [3.63, 3.8) is 0 Å². The molecular weight excluding hydrogens is 318 g/mol. The molecule has 1 heterocycles. The number of piperazine rings is 1. The summed E-state index contributed by atoms with van der Waals surface area (Å²) in [4.78, 5) is 14.6. The molecule has 2 rings (SSSR count). The Kier molecular flexibility index (Phi) is 8.76. The minimum absolute atomic E-state index is 0. The van der Waals surface area contributed by atoms with Crippen molar-refractivity contribution in [2.24, 2.45) is 0 Å². The highest BCUT2D eigenvalue weighted by molar-refractivity contribution is 5.95.